The van der Waals surface area contributed by atoms with Gasteiger partial charge in [0.15, 0.2) is 5.96 Å². The Hall–Kier alpha value is -4.51. The number of aliphatic hydroxyl groups is 1. The second-order valence-corrected chi connectivity index (χ2v) is 8.80. The average molecular weight is 550 g/mol. The molecule has 5 atom stereocenters. The molecule has 0 radical (unpaired) electrons. The molecule has 0 bridgehead atoms. The maximum absolute atomic E-state index is 13.2. The number of imidazole rings is 2. The number of hydrogen-bond donors (Lipinski definition) is 10. The van der Waals surface area contributed by atoms with Gasteiger partial charge in [0.1, 0.15) is 18.1 Å². The number of nitrogens with one attached hydrogen (secondary N) is 5. The number of aromatic nitrogens is 4. The van der Waals surface area contributed by atoms with Gasteiger partial charge < -0.3 is 53.3 Å². The van der Waals surface area contributed by atoms with Crippen molar-refractivity contribution < 1.29 is 29.4 Å². The summed E-state index contributed by atoms with van der Waals surface area (Å²) in [7, 11) is 0. The predicted molar refractivity (Wildman–Crippen MR) is 138 cm³/mol. The fraction of sp³-hybridized carbons (Fsp3) is 0.500. The number of aliphatic imine (C=N–C) groups is 1. The van der Waals surface area contributed by atoms with E-state index in [-0.39, 0.29) is 38.2 Å². The third kappa shape index (κ3) is 10.4. The molecule has 0 spiro atoms. The van der Waals surface area contributed by atoms with Gasteiger partial charge in [-0.3, -0.25) is 19.4 Å². The number of hydrogen-bond acceptors (Lipinski definition) is 9. The van der Waals surface area contributed by atoms with E-state index < -0.39 is 54.0 Å². The number of rotatable bonds is 16. The molecule has 2 aromatic heterocycles. The lowest BCUT2D eigenvalue weighted by atomic mass is 10.1. The lowest BCUT2D eigenvalue weighted by Crippen LogP contribution is -2.60. The van der Waals surface area contributed by atoms with Gasteiger partial charge in [-0.1, -0.05) is 0 Å². The minimum absolute atomic E-state index is 0.00887. The van der Waals surface area contributed by atoms with Crippen LogP contribution in [0.5, 0.6) is 0 Å². The number of amides is 3. The maximum atomic E-state index is 13.2. The highest BCUT2D eigenvalue weighted by molar-refractivity contribution is 5.94. The lowest BCUT2D eigenvalue weighted by molar-refractivity contribution is -0.143. The van der Waals surface area contributed by atoms with Gasteiger partial charge in [0.25, 0.3) is 0 Å². The van der Waals surface area contributed by atoms with Crippen LogP contribution in [0.2, 0.25) is 0 Å². The van der Waals surface area contributed by atoms with Crippen LogP contribution in [0.15, 0.2) is 30.0 Å². The summed E-state index contributed by atoms with van der Waals surface area (Å²) >= 11 is 0. The van der Waals surface area contributed by atoms with Gasteiger partial charge in [-0.25, -0.2) is 14.8 Å². The van der Waals surface area contributed by atoms with E-state index in [2.05, 4.69) is 40.9 Å². The average Bonchev–Trinajstić information content (AvgIpc) is 3.57. The maximum Gasteiger partial charge on any atom is 0.326 e. The predicted octanol–water partition coefficient (Wildman–Crippen LogP) is -3.78. The zero-order valence-corrected chi connectivity index (χ0v) is 21.3. The van der Waals surface area contributed by atoms with Crippen LogP contribution in [-0.4, -0.2) is 96.6 Å². The van der Waals surface area contributed by atoms with Crippen molar-refractivity contribution in [3.05, 3.63) is 36.4 Å². The number of guanidine groups is 1. The molecule has 214 valence electrons. The third-order valence-electron chi connectivity index (χ3n) is 5.57. The topological polar surface area (TPSA) is 293 Å². The molecule has 0 fully saturated rings. The van der Waals surface area contributed by atoms with Crippen LogP contribution >= 0.6 is 0 Å². The van der Waals surface area contributed by atoms with Crippen molar-refractivity contribution in [2.45, 2.75) is 62.9 Å². The Morgan fingerprint density at radius 2 is 1.54 bits per heavy atom. The highest BCUT2D eigenvalue weighted by atomic mass is 16.4. The van der Waals surface area contributed by atoms with Crippen molar-refractivity contribution in [3.63, 3.8) is 0 Å². The summed E-state index contributed by atoms with van der Waals surface area (Å²) in [5.74, 6) is -3.86. The number of carboxylic acids is 1. The normalized spacial score (nSPS) is 14.7. The van der Waals surface area contributed by atoms with Crippen LogP contribution in [0.4, 0.5) is 0 Å². The SMILES string of the molecule is CC(O)C(NC(=O)C(Cc1cnc[nH]1)NC(=O)C(N)Cc1cnc[nH]1)C(=O)NC(CCCN=C(N)N)C(=O)O. The second-order valence-electron chi connectivity index (χ2n) is 8.80. The van der Waals surface area contributed by atoms with Crippen LogP contribution in [0.1, 0.15) is 31.2 Å². The Morgan fingerprint density at radius 1 is 0.949 bits per heavy atom. The zero-order valence-electron chi connectivity index (χ0n) is 21.3. The Labute approximate surface area is 223 Å². The molecule has 5 unspecified atom stereocenters. The molecule has 2 rings (SSSR count). The molecule has 17 nitrogen and oxygen atoms in total. The molecule has 17 heteroatoms. The minimum Gasteiger partial charge on any atom is -0.480 e. The van der Waals surface area contributed by atoms with E-state index in [1.807, 2.05) is 0 Å². The van der Waals surface area contributed by atoms with Crippen LogP contribution in [-0.2, 0) is 32.0 Å². The summed E-state index contributed by atoms with van der Waals surface area (Å²) in [6.07, 6.45) is 4.72. The van der Waals surface area contributed by atoms with Crippen LogP contribution in [0.3, 0.4) is 0 Å². The molecular weight excluding hydrogens is 514 g/mol. The van der Waals surface area contributed by atoms with Crippen molar-refractivity contribution in [1.29, 1.82) is 0 Å². The Balaban J connectivity index is 2.10. The molecule has 0 saturated heterocycles. The van der Waals surface area contributed by atoms with Gasteiger partial charge in [-0.2, -0.15) is 0 Å². The summed E-state index contributed by atoms with van der Waals surface area (Å²) in [5, 5.41) is 26.9. The number of nitrogens with two attached hydrogens (primary N) is 3. The van der Waals surface area contributed by atoms with Crippen molar-refractivity contribution in [2.24, 2.45) is 22.2 Å². The first kappa shape index (κ1) is 30.7. The number of carboxylic acid groups (broad SMARTS) is 1. The van der Waals surface area contributed by atoms with Crippen molar-refractivity contribution in [3.8, 4) is 0 Å². The molecule has 0 aliphatic rings. The Bertz CT molecular complexity index is 1100. The van der Waals surface area contributed by atoms with E-state index in [1.54, 1.807) is 0 Å². The number of carbonyl (C=O) groups excluding carboxylic acids is 3. The summed E-state index contributed by atoms with van der Waals surface area (Å²) < 4.78 is 0. The van der Waals surface area contributed by atoms with Crippen molar-refractivity contribution in [1.82, 2.24) is 35.9 Å². The number of aliphatic hydroxyl groups excluding tert-OH is 1. The highest BCUT2D eigenvalue weighted by Gasteiger charge is 2.33. The van der Waals surface area contributed by atoms with E-state index in [4.69, 9.17) is 17.2 Å². The van der Waals surface area contributed by atoms with Crippen LogP contribution in [0, 0.1) is 0 Å². The van der Waals surface area contributed by atoms with Gasteiger partial charge in [0.2, 0.25) is 17.7 Å². The molecule has 13 N–H and O–H groups in total. The first-order valence-corrected chi connectivity index (χ1v) is 12.0. The molecule has 0 saturated carbocycles. The van der Waals surface area contributed by atoms with E-state index >= 15 is 0 Å². The quantitative estimate of drug-likeness (QED) is 0.0550. The summed E-state index contributed by atoms with van der Waals surface area (Å²) in [6, 6.07) is -5.09. The first-order chi connectivity index (χ1) is 18.5. The number of aromatic amines is 2. The lowest BCUT2D eigenvalue weighted by Gasteiger charge is -2.26. The third-order valence-corrected chi connectivity index (χ3v) is 5.57. The molecule has 0 aliphatic carbocycles. The minimum atomic E-state index is -1.53. The fourth-order valence-electron chi connectivity index (χ4n) is 3.51. The van der Waals surface area contributed by atoms with Crippen molar-refractivity contribution in [2.75, 3.05) is 6.54 Å². The van der Waals surface area contributed by atoms with E-state index in [0.29, 0.717) is 11.4 Å². The van der Waals surface area contributed by atoms with E-state index in [1.165, 1.54) is 32.0 Å². The summed E-state index contributed by atoms with van der Waals surface area (Å²) in [4.78, 5) is 67.6. The number of H-pyrrole nitrogens is 2. The largest absolute Gasteiger partial charge is 0.480 e. The number of aliphatic carboxylic acids is 1. The molecular formula is C22H35N11O6. The molecule has 0 aromatic carbocycles. The van der Waals surface area contributed by atoms with Gasteiger partial charge in [0, 0.05) is 43.2 Å². The molecule has 0 aliphatic heterocycles. The molecule has 39 heavy (non-hydrogen) atoms. The van der Waals surface area contributed by atoms with Gasteiger partial charge in [-0.15, -0.1) is 0 Å². The summed E-state index contributed by atoms with van der Waals surface area (Å²) in [5.41, 5.74) is 17.6. The van der Waals surface area contributed by atoms with E-state index in [9.17, 15) is 29.4 Å². The first-order valence-electron chi connectivity index (χ1n) is 12.0. The van der Waals surface area contributed by atoms with Gasteiger partial charge in [-0.05, 0) is 19.8 Å². The Kier molecular flexibility index (Phi) is 11.8. The monoisotopic (exact) mass is 549 g/mol. The number of carbonyl (C=O) groups is 4. The summed E-state index contributed by atoms with van der Waals surface area (Å²) in [6.45, 7) is 1.40. The highest BCUT2D eigenvalue weighted by Crippen LogP contribution is 2.05. The van der Waals surface area contributed by atoms with Gasteiger partial charge in [0.05, 0.1) is 24.8 Å². The van der Waals surface area contributed by atoms with Crippen molar-refractivity contribution >= 4 is 29.7 Å². The smallest absolute Gasteiger partial charge is 0.326 e. The van der Waals surface area contributed by atoms with Crippen LogP contribution in [0.25, 0.3) is 0 Å². The zero-order chi connectivity index (χ0) is 28.9. The van der Waals surface area contributed by atoms with Crippen LogP contribution < -0.4 is 33.2 Å². The van der Waals surface area contributed by atoms with E-state index in [0.717, 1.165) is 0 Å². The second kappa shape index (κ2) is 15.0. The number of nitrogens with zero attached hydrogens (tertiary/aromatic N) is 3. The molecule has 2 heterocycles. The fourth-order valence-corrected chi connectivity index (χ4v) is 3.51. The standard InChI is InChI=1S/C22H35N11O6/c1-11(34)17(20(37)31-15(21(38)39)3-2-4-28-22(24)25)33-19(36)16(6-13-8-27-10-30-13)32-18(35)14(23)5-12-7-26-9-29-12/h7-11,14-17,34H,2-6,23H2,1H3,(H,26,29)(H,27,30)(H,31,37)(H,32,35)(H,33,36)(H,38,39)(H4,24,25,28). The molecule has 3 amide bonds. The Morgan fingerprint density at radius 3 is 2.05 bits per heavy atom. The molecule has 2 aromatic rings. The van der Waals surface area contributed by atoms with Gasteiger partial charge >= 0.3 is 5.97 Å².